The van der Waals surface area contributed by atoms with E-state index in [9.17, 15) is 0 Å². The molecule has 0 radical (unpaired) electrons. The molecule has 0 N–H and O–H groups in total. The molecule has 0 bridgehead atoms. The van der Waals surface area contributed by atoms with Crippen LogP contribution in [0.25, 0.3) is 11.0 Å². The highest BCUT2D eigenvalue weighted by atomic mass is 35.5. The Hall–Kier alpha value is -2.31. The van der Waals surface area contributed by atoms with Crippen molar-refractivity contribution in [1.29, 1.82) is 0 Å². The molecule has 0 aliphatic heterocycles. The minimum Gasteiger partial charge on any atom is -0.424 e. The van der Waals surface area contributed by atoms with Crippen LogP contribution in [0.5, 0.6) is 0 Å². The molecule has 0 aliphatic carbocycles. The second-order valence-electron chi connectivity index (χ2n) is 6.02. The van der Waals surface area contributed by atoms with Crippen molar-refractivity contribution in [2.45, 2.75) is 30.8 Å². The van der Waals surface area contributed by atoms with Gasteiger partial charge in [-0.25, -0.2) is 4.98 Å². The molecule has 4 aromatic rings. The summed E-state index contributed by atoms with van der Waals surface area (Å²) in [6.07, 6.45) is 0. The van der Waals surface area contributed by atoms with E-state index in [2.05, 4.69) is 26.9 Å². The minimum absolute atomic E-state index is 0.00184. The number of thioether (sulfide) groups is 1. The highest BCUT2D eigenvalue weighted by Gasteiger charge is 2.19. The number of imidazole rings is 1. The van der Waals surface area contributed by atoms with Crippen molar-refractivity contribution < 1.29 is 4.42 Å². The van der Waals surface area contributed by atoms with E-state index in [1.54, 1.807) is 18.7 Å². The van der Waals surface area contributed by atoms with Crippen LogP contribution >= 0.6 is 23.4 Å². The van der Waals surface area contributed by atoms with Gasteiger partial charge in [0.05, 0.1) is 22.8 Å². The average molecular weight is 385 g/mol. The molecule has 0 spiro atoms. The van der Waals surface area contributed by atoms with E-state index >= 15 is 0 Å². The van der Waals surface area contributed by atoms with Crippen LogP contribution in [0.3, 0.4) is 0 Å². The van der Waals surface area contributed by atoms with E-state index in [0.717, 1.165) is 22.7 Å². The summed E-state index contributed by atoms with van der Waals surface area (Å²) in [5.74, 6) is 1.17. The highest BCUT2D eigenvalue weighted by Crippen LogP contribution is 2.36. The summed E-state index contributed by atoms with van der Waals surface area (Å²) in [4.78, 5) is 4.79. The minimum atomic E-state index is -0.00184. The van der Waals surface area contributed by atoms with Crippen molar-refractivity contribution in [3.8, 4) is 0 Å². The summed E-state index contributed by atoms with van der Waals surface area (Å²) in [5.41, 5.74) is 3.14. The maximum Gasteiger partial charge on any atom is 0.229 e. The number of aromatic nitrogens is 4. The zero-order valence-electron chi connectivity index (χ0n) is 14.4. The Balaban J connectivity index is 1.73. The fourth-order valence-electron chi connectivity index (χ4n) is 2.77. The van der Waals surface area contributed by atoms with E-state index in [1.165, 1.54) is 5.56 Å². The largest absolute Gasteiger partial charge is 0.424 e. The van der Waals surface area contributed by atoms with Gasteiger partial charge >= 0.3 is 0 Å². The smallest absolute Gasteiger partial charge is 0.229 e. The van der Waals surface area contributed by atoms with E-state index in [0.29, 0.717) is 16.8 Å². The van der Waals surface area contributed by atoms with E-state index in [4.69, 9.17) is 21.0 Å². The van der Waals surface area contributed by atoms with E-state index in [1.807, 2.05) is 43.3 Å². The second-order valence-corrected chi connectivity index (χ2v) is 7.76. The van der Waals surface area contributed by atoms with Crippen molar-refractivity contribution in [1.82, 2.24) is 19.7 Å². The first-order valence-electron chi connectivity index (χ1n) is 8.26. The molecule has 0 saturated carbocycles. The molecule has 4 rings (SSSR count). The summed E-state index contributed by atoms with van der Waals surface area (Å²) in [6.45, 7) is 4.56. The molecule has 5 nitrogen and oxygen atoms in total. The predicted molar refractivity (Wildman–Crippen MR) is 104 cm³/mol. The first kappa shape index (κ1) is 17.1. The number of aryl methyl sites for hydroxylation is 1. The van der Waals surface area contributed by atoms with Crippen LogP contribution in [0.1, 0.15) is 29.5 Å². The van der Waals surface area contributed by atoms with Gasteiger partial charge in [-0.1, -0.05) is 53.7 Å². The van der Waals surface area contributed by atoms with Crippen molar-refractivity contribution >= 4 is 34.4 Å². The van der Waals surface area contributed by atoms with Crippen molar-refractivity contribution in [2.75, 3.05) is 0 Å². The first-order chi connectivity index (χ1) is 12.6. The van der Waals surface area contributed by atoms with Gasteiger partial charge in [0.1, 0.15) is 0 Å². The Labute approximate surface area is 160 Å². The number of hydrogen-bond acceptors (Lipinski definition) is 5. The second kappa shape index (κ2) is 7.13. The van der Waals surface area contributed by atoms with Gasteiger partial charge in [-0.15, -0.1) is 10.2 Å². The van der Waals surface area contributed by atoms with Crippen LogP contribution in [-0.2, 0) is 6.54 Å². The molecule has 2 aromatic heterocycles. The van der Waals surface area contributed by atoms with Gasteiger partial charge < -0.3 is 8.98 Å². The lowest BCUT2D eigenvalue weighted by molar-refractivity contribution is 0.470. The fraction of sp³-hybridized carbons (Fsp3) is 0.211. The highest BCUT2D eigenvalue weighted by molar-refractivity contribution is 7.99. The Bertz CT molecular complexity index is 1040. The van der Waals surface area contributed by atoms with Crippen LogP contribution in [0, 0.1) is 6.92 Å². The van der Waals surface area contributed by atoms with Gasteiger partial charge in [-0.2, -0.15) is 0 Å². The van der Waals surface area contributed by atoms with Gasteiger partial charge in [0.25, 0.3) is 0 Å². The lowest BCUT2D eigenvalue weighted by atomic mass is 10.2. The molecule has 0 amide bonds. The number of rotatable bonds is 5. The van der Waals surface area contributed by atoms with E-state index < -0.39 is 0 Å². The van der Waals surface area contributed by atoms with Crippen LogP contribution in [0.2, 0.25) is 5.02 Å². The van der Waals surface area contributed by atoms with Gasteiger partial charge in [0.15, 0.2) is 5.16 Å². The standard InChI is InChI=1S/C19H17ClN4OS/c1-12(18-23-22-13(2)25-18)26-19-21-16-10-15(20)8-9-17(16)24(19)11-14-6-4-3-5-7-14/h3-10,12H,11H2,1-2H3. The molecule has 0 saturated heterocycles. The Morgan fingerprint density at radius 1 is 1.15 bits per heavy atom. The molecule has 1 atom stereocenters. The van der Waals surface area contributed by atoms with Crippen LogP contribution in [0.15, 0.2) is 58.1 Å². The van der Waals surface area contributed by atoms with Crippen molar-refractivity contribution in [2.24, 2.45) is 0 Å². The molecular weight excluding hydrogens is 368 g/mol. The topological polar surface area (TPSA) is 56.7 Å². The van der Waals surface area contributed by atoms with Gasteiger partial charge in [0, 0.05) is 11.9 Å². The van der Waals surface area contributed by atoms with Gasteiger partial charge in [-0.3, -0.25) is 0 Å². The first-order valence-corrected chi connectivity index (χ1v) is 9.52. The summed E-state index contributed by atoms with van der Waals surface area (Å²) in [5, 5.41) is 9.62. The molecule has 2 aromatic carbocycles. The molecule has 2 heterocycles. The molecular formula is C19H17ClN4OS. The van der Waals surface area contributed by atoms with Gasteiger partial charge in [0.2, 0.25) is 11.8 Å². The number of halogens is 1. The monoisotopic (exact) mass is 384 g/mol. The summed E-state index contributed by atoms with van der Waals surface area (Å²) in [7, 11) is 0. The van der Waals surface area contributed by atoms with E-state index in [-0.39, 0.29) is 5.25 Å². The molecule has 7 heteroatoms. The molecule has 26 heavy (non-hydrogen) atoms. The Morgan fingerprint density at radius 3 is 2.69 bits per heavy atom. The van der Waals surface area contributed by atoms with Crippen molar-refractivity contribution in [3.05, 3.63) is 70.9 Å². The summed E-state index contributed by atoms with van der Waals surface area (Å²) in [6, 6.07) is 16.1. The zero-order chi connectivity index (χ0) is 18.1. The molecule has 1 unspecified atom stereocenters. The number of nitrogens with zero attached hydrogens (tertiary/aromatic N) is 4. The molecule has 0 aliphatic rings. The number of hydrogen-bond donors (Lipinski definition) is 0. The number of benzene rings is 2. The van der Waals surface area contributed by atoms with Crippen LogP contribution in [-0.4, -0.2) is 19.7 Å². The summed E-state index contributed by atoms with van der Waals surface area (Å²) < 4.78 is 7.77. The third-order valence-corrected chi connectivity index (χ3v) is 5.34. The lowest BCUT2D eigenvalue weighted by Crippen LogP contribution is -2.02. The fourth-order valence-corrected chi connectivity index (χ4v) is 3.89. The third kappa shape index (κ3) is 3.48. The van der Waals surface area contributed by atoms with Crippen LogP contribution in [0.4, 0.5) is 0 Å². The zero-order valence-corrected chi connectivity index (χ0v) is 16.0. The quantitative estimate of drug-likeness (QED) is 0.438. The molecule has 0 fully saturated rings. The number of fused-ring (bicyclic) bond motifs is 1. The Morgan fingerprint density at radius 2 is 1.96 bits per heavy atom. The predicted octanol–water partition coefficient (Wildman–Crippen LogP) is 5.28. The van der Waals surface area contributed by atoms with Gasteiger partial charge in [-0.05, 0) is 30.7 Å². The van der Waals surface area contributed by atoms with Crippen molar-refractivity contribution in [3.63, 3.8) is 0 Å². The van der Waals surface area contributed by atoms with Crippen LogP contribution < -0.4 is 0 Å². The average Bonchev–Trinajstić information content (AvgIpc) is 3.20. The maximum atomic E-state index is 6.16. The third-order valence-electron chi connectivity index (χ3n) is 4.03. The lowest BCUT2D eigenvalue weighted by Gasteiger charge is -2.11. The maximum absolute atomic E-state index is 6.16. The normalized spacial score (nSPS) is 12.6. The molecule has 132 valence electrons. The Kier molecular flexibility index (Phi) is 4.70. The SMILES string of the molecule is Cc1nnc(C(C)Sc2nc3cc(Cl)ccc3n2Cc2ccccc2)o1. The summed E-state index contributed by atoms with van der Waals surface area (Å²) >= 11 is 7.76.